The molecule has 10 atom stereocenters. The van der Waals surface area contributed by atoms with Crippen molar-refractivity contribution < 1.29 is 14.6 Å². The number of aliphatic hydroxyl groups is 1. The molecule has 5 rings (SSSR count). The molecule has 0 radical (unpaired) electrons. The molecule has 5 fully saturated rings. The van der Waals surface area contributed by atoms with Crippen LogP contribution in [0.4, 0.5) is 0 Å². The maximum Gasteiger partial charge on any atom is 0.163 e. The Morgan fingerprint density at radius 1 is 0.818 bits per heavy atom. The third-order valence-corrected chi connectivity index (χ3v) is 11.9. The van der Waals surface area contributed by atoms with Crippen molar-refractivity contribution in [1.29, 1.82) is 0 Å². The van der Waals surface area contributed by atoms with Gasteiger partial charge in [0, 0.05) is 5.41 Å². The highest BCUT2D eigenvalue weighted by molar-refractivity contribution is 5.18. The van der Waals surface area contributed by atoms with E-state index in [-0.39, 0.29) is 17.6 Å². The number of hydrogen-bond donors (Lipinski definition) is 1. The number of fused-ring (bicyclic) bond motifs is 7. The van der Waals surface area contributed by atoms with Gasteiger partial charge in [-0.05, 0) is 106 Å². The summed E-state index contributed by atoms with van der Waals surface area (Å²) in [6.07, 6.45) is 13.8. The summed E-state index contributed by atoms with van der Waals surface area (Å²) < 4.78 is 12.6. The Balaban J connectivity index is 1.34. The standard InChI is InChI=1S/C30H52O3/c1-19(2)9-8-10-20(3)22-11-12-23-21-13-18-30(31)26-25(32-27(4,5)33-26)15-17-29(30,7)24(21)14-16-28(22,23)6/h19-26,31H,8-18H2,1-7H3/t20-,21+,22-,23+,24+,25+,26+,28-,29-,30-/m1/s1. The first-order valence-electron chi connectivity index (χ1n) is 14.5. The minimum atomic E-state index is -0.735. The van der Waals surface area contributed by atoms with Crippen LogP contribution in [-0.4, -0.2) is 28.7 Å². The molecule has 1 N–H and O–H groups in total. The van der Waals surface area contributed by atoms with E-state index < -0.39 is 11.4 Å². The van der Waals surface area contributed by atoms with E-state index in [1.807, 2.05) is 13.8 Å². The topological polar surface area (TPSA) is 38.7 Å². The van der Waals surface area contributed by atoms with Gasteiger partial charge in [0.2, 0.25) is 0 Å². The van der Waals surface area contributed by atoms with Crippen LogP contribution >= 0.6 is 0 Å². The minimum Gasteiger partial charge on any atom is -0.386 e. The summed E-state index contributed by atoms with van der Waals surface area (Å²) in [5, 5.41) is 12.3. The van der Waals surface area contributed by atoms with Gasteiger partial charge in [-0.2, -0.15) is 0 Å². The first-order valence-corrected chi connectivity index (χ1v) is 14.5. The average Bonchev–Trinajstić information content (AvgIpc) is 3.25. The lowest BCUT2D eigenvalue weighted by Gasteiger charge is -2.65. The molecule has 1 saturated heterocycles. The van der Waals surface area contributed by atoms with Crippen LogP contribution < -0.4 is 0 Å². The fraction of sp³-hybridized carbons (Fsp3) is 1.00. The Morgan fingerprint density at radius 2 is 1.58 bits per heavy atom. The van der Waals surface area contributed by atoms with E-state index >= 15 is 0 Å². The summed E-state index contributed by atoms with van der Waals surface area (Å²) in [7, 11) is 0. The van der Waals surface area contributed by atoms with Crippen molar-refractivity contribution in [2.75, 3.05) is 0 Å². The minimum absolute atomic E-state index is 0.0385. The van der Waals surface area contributed by atoms with Gasteiger partial charge in [-0.15, -0.1) is 0 Å². The van der Waals surface area contributed by atoms with Crippen molar-refractivity contribution in [1.82, 2.24) is 0 Å². The third kappa shape index (κ3) is 3.69. The van der Waals surface area contributed by atoms with Crippen LogP contribution in [0, 0.1) is 46.3 Å². The lowest BCUT2D eigenvalue weighted by atomic mass is 9.42. The molecule has 3 heteroatoms. The molecule has 0 aromatic carbocycles. The van der Waals surface area contributed by atoms with Crippen LogP contribution in [0.5, 0.6) is 0 Å². The molecule has 3 nitrogen and oxygen atoms in total. The fourth-order valence-corrected chi connectivity index (χ4v) is 10.3. The molecule has 4 saturated carbocycles. The van der Waals surface area contributed by atoms with E-state index in [2.05, 4.69) is 34.6 Å². The van der Waals surface area contributed by atoms with Crippen LogP contribution in [0.15, 0.2) is 0 Å². The Hall–Kier alpha value is -0.120. The SMILES string of the molecule is CC(C)CCC[C@@H](C)[C@H]1CC[C@H]2[C@@H]3CC[C@@]4(O)[C@H]5OC(C)(C)O[C@H]5CC[C@]4(C)[C@H]3CC[C@]12C. The second-order valence-corrected chi connectivity index (χ2v) is 14.4. The van der Waals surface area contributed by atoms with Crippen molar-refractivity contribution in [2.45, 2.75) is 143 Å². The third-order valence-electron chi connectivity index (χ3n) is 11.9. The summed E-state index contributed by atoms with van der Waals surface area (Å²) in [6, 6.07) is 0. The highest BCUT2D eigenvalue weighted by atomic mass is 16.8. The molecule has 0 spiro atoms. The summed E-state index contributed by atoms with van der Waals surface area (Å²) in [5.74, 6) is 4.29. The Morgan fingerprint density at radius 3 is 2.30 bits per heavy atom. The van der Waals surface area contributed by atoms with Gasteiger partial charge in [0.05, 0.1) is 11.7 Å². The molecule has 5 aliphatic rings. The van der Waals surface area contributed by atoms with Crippen molar-refractivity contribution in [2.24, 2.45) is 46.3 Å². The molecule has 1 heterocycles. The highest BCUT2D eigenvalue weighted by Crippen LogP contribution is 2.70. The second kappa shape index (κ2) is 8.20. The molecule has 0 bridgehead atoms. The molecule has 190 valence electrons. The van der Waals surface area contributed by atoms with Gasteiger partial charge in [0.25, 0.3) is 0 Å². The van der Waals surface area contributed by atoms with Crippen LogP contribution in [-0.2, 0) is 9.47 Å². The normalized spacial score (nSPS) is 51.5. The molecule has 0 aromatic rings. The van der Waals surface area contributed by atoms with Crippen molar-refractivity contribution >= 4 is 0 Å². The molecule has 4 aliphatic carbocycles. The highest BCUT2D eigenvalue weighted by Gasteiger charge is 2.69. The predicted octanol–water partition coefficient (Wildman–Crippen LogP) is 7.35. The van der Waals surface area contributed by atoms with E-state index in [1.165, 1.54) is 51.4 Å². The van der Waals surface area contributed by atoms with Crippen molar-refractivity contribution in [3.05, 3.63) is 0 Å². The Labute approximate surface area is 203 Å². The maximum absolute atomic E-state index is 12.3. The zero-order valence-corrected chi connectivity index (χ0v) is 22.7. The van der Waals surface area contributed by atoms with E-state index in [9.17, 15) is 5.11 Å². The van der Waals surface area contributed by atoms with E-state index in [0.717, 1.165) is 48.9 Å². The smallest absolute Gasteiger partial charge is 0.163 e. The van der Waals surface area contributed by atoms with Crippen molar-refractivity contribution in [3.8, 4) is 0 Å². The lowest BCUT2D eigenvalue weighted by molar-refractivity contribution is -0.257. The summed E-state index contributed by atoms with van der Waals surface area (Å²) in [6.45, 7) is 16.4. The van der Waals surface area contributed by atoms with Gasteiger partial charge in [-0.3, -0.25) is 0 Å². The van der Waals surface area contributed by atoms with Crippen LogP contribution in [0.25, 0.3) is 0 Å². The predicted molar refractivity (Wildman–Crippen MR) is 134 cm³/mol. The van der Waals surface area contributed by atoms with Gasteiger partial charge in [-0.1, -0.05) is 53.9 Å². The molecule has 33 heavy (non-hydrogen) atoms. The molecule has 0 amide bonds. The Bertz CT molecular complexity index is 732. The van der Waals surface area contributed by atoms with Crippen LogP contribution in [0.3, 0.4) is 0 Å². The molecular weight excluding hydrogens is 408 g/mol. The fourth-order valence-electron chi connectivity index (χ4n) is 10.3. The number of hydrogen-bond acceptors (Lipinski definition) is 3. The average molecular weight is 461 g/mol. The van der Waals surface area contributed by atoms with E-state index in [1.54, 1.807) is 0 Å². The molecule has 1 aliphatic heterocycles. The molecule has 0 unspecified atom stereocenters. The first-order chi connectivity index (χ1) is 15.4. The zero-order valence-electron chi connectivity index (χ0n) is 22.7. The van der Waals surface area contributed by atoms with Gasteiger partial charge in [-0.25, -0.2) is 0 Å². The zero-order chi connectivity index (χ0) is 23.8. The van der Waals surface area contributed by atoms with Gasteiger partial charge in [0.15, 0.2) is 5.79 Å². The summed E-state index contributed by atoms with van der Waals surface area (Å²) >= 11 is 0. The van der Waals surface area contributed by atoms with Crippen molar-refractivity contribution in [3.63, 3.8) is 0 Å². The maximum atomic E-state index is 12.3. The van der Waals surface area contributed by atoms with Gasteiger partial charge < -0.3 is 14.6 Å². The Kier molecular flexibility index (Phi) is 6.11. The van der Waals surface area contributed by atoms with Crippen LogP contribution in [0.2, 0.25) is 0 Å². The second-order valence-electron chi connectivity index (χ2n) is 14.4. The molecule has 0 aromatic heterocycles. The molecular formula is C30H52O3. The first kappa shape index (κ1) is 24.6. The van der Waals surface area contributed by atoms with Gasteiger partial charge in [0.1, 0.15) is 6.10 Å². The monoisotopic (exact) mass is 460 g/mol. The quantitative estimate of drug-likeness (QED) is 0.466. The summed E-state index contributed by atoms with van der Waals surface area (Å²) in [4.78, 5) is 0. The largest absolute Gasteiger partial charge is 0.386 e. The number of rotatable bonds is 5. The van der Waals surface area contributed by atoms with E-state index in [0.29, 0.717) is 11.3 Å². The van der Waals surface area contributed by atoms with E-state index in [4.69, 9.17) is 9.47 Å². The number of ether oxygens (including phenoxy) is 2. The van der Waals surface area contributed by atoms with Crippen LogP contribution in [0.1, 0.15) is 119 Å². The van der Waals surface area contributed by atoms with Gasteiger partial charge >= 0.3 is 0 Å². The lowest BCUT2D eigenvalue weighted by Crippen LogP contribution is -2.68. The summed E-state index contributed by atoms with van der Waals surface area (Å²) in [5.41, 5.74) is -0.264.